The van der Waals surface area contributed by atoms with Gasteiger partial charge in [-0.05, 0) is 25.1 Å². The monoisotopic (exact) mass is 183 g/mol. The summed E-state index contributed by atoms with van der Waals surface area (Å²) in [7, 11) is 1.67. The van der Waals surface area contributed by atoms with Gasteiger partial charge in [-0.15, -0.1) is 0 Å². The fourth-order valence-corrected chi connectivity index (χ4v) is 1.46. The Hall–Kier alpha value is -0.670. The highest BCUT2D eigenvalue weighted by atomic mass is 32.2. The molecule has 0 aliphatic heterocycles. The first-order chi connectivity index (χ1) is 5.86. The molecule has 0 saturated carbocycles. The van der Waals surface area contributed by atoms with Gasteiger partial charge in [0, 0.05) is 29.2 Å². The van der Waals surface area contributed by atoms with E-state index >= 15 is 0 Å². The summed E-state index contributed by atoms with van der Waals surface area (Å²) in [6.07, 6.45) is 0. The van der Waals surface area contributed by atoms with Crippen LogP contribution in [0.1, 0.15) is 6.92 Å². The van der Waals surface area contributed by atoms with E-state index in [-0.39, 0.29) is 0 Å². The molecular weight excluding hydrogens is 170 g/mol. The Balaban J connectivity index is 2.67. The fraction of sp³-hybridized carbons (Fsp3) is 0.333. The van der Waals surface area contributed by atoms with Crippen LogP contribution in [0.2, 0.25) is 0 Å². The SMILES string of the molecule is CCNc1cccc(SOC)c1. The number of rotatable bonds is 4. The Kier molecular flexibility index (Phi) is 3.97. The van der Waals surface area contributed by atoms with E-state index in [2.05, 4.69) is 18.3 Å². The Morgan fingerprint density at radius 2 is 2.33 bits per heavy atom. The Bertz CT molecular complexity index is 218. The van der Waals surface area contributed by atoms with Crippen molar-refractivity contribution in [3.8, 4) is 0 Å². The van der Waals surface area contributed by atoms with E-state index in [9.17, 15) is 0 Å². The largest absolute Gasteiger partial charge is 0.385 e. The second kappa shape index (κ2) is 5.06. The van der Waals surface area contributed by atoms with Crippen LogP contribution in [0, 0.1) is 0 Å². The van der Waals surface area contributed by atoms with Crippen LogP contribution >= 0.6 is 12.0 Å². The first-order valence-corrected chi connectivity index (χ1v) is 4.65. The third-order valence-corrected chi connectivity index (χ3v) is 2.01. The van der Waals surface area contributed by atoms with E-state index < -0.39 is 0 Å². The molecule has 2 nitrogen and oxygen atoms in total. The quantitative estimate of drug-likeness (QED) is 0.725. The van der Waals surface area contributed by atoms with Crippen LogP contribution in [0.15, 0.2) is 29.2 Å². The molecular formula is C9H13NOS. The van der Waals surface area contributed by atoms with Crippen molar-refractivity contribution >= 4 is 17.7 Å². The van der Waals surface area contributed by atoms with E-state index in [4.69, 9.17) is 4.18 Å². The van der Waals surface area contributed by atoms with Crippen molar-refractivity contribution in [2.45, 2.75) is 11.8 Å². The van der Waals surface area contributed by atoms with Gasteiger partial charge in [0.25, 0.3) is 0 Å². The molecule has 0 aromatic heterocycles. The van der Waals surface area contributed by atoms with Gasteiger partial charge in [0.05, 0.1) is 7.11 Å². The molecule has 3 heteroatoms. The number of benzene rings is 1. The molecule has 12 heavy (non-hydrogen) atoms. The number of hydrogen-bond donors (Lipinski definition) is 1. The lowest BCUT2D eigenvalue weighted by Gasteiger charge is -2.04. The molecule has 0 unspecified atom stereocenters. The predicted molar refractivity (Wildman–Crippen MR) is 53.5 cm³/mol. The van der Waals surface area contributed by atoms with Crippen LogP contribution in [0.3, 0.4) is 0 Å². The zero-order chi connectivity index (χ0) is 8.81. The molecule has 66 valence electrons. The molecule has 0 atom stereocenters. The van der Waals surface area contributed by atoms with Gasteiger partial charge < -0.3 is 9.50 Å². The normalized spacial score (nSPS) is 9.83. The zero-order valence-electron chi connectivity index (χ0n) is 7.33. The lowest BCUT2D eigenvalue weighted by molar-refractivity contribution is 0.490. The number of anilines is 1. The molecule has 0 bridgehead atoms. The van der Waals surface area contributed by atoms with Gasteiger partial charge in [-0.1, -0.05) is 6.07 Å². The maximum atomic E-state index is 4.95. The molecule has 0 saturated heterocycles. The molecule has 0 amide bonds. The Labute approximate surface area is 77.5 Å². The van der Waals surface area contributed by atoms with E-state index in [0.717, 1.165) is 17.1 Å². The predicted octanol–water partition coefficient (Wildman–Crippen LogP) is 2.77. The van der Waals surface area contributed by atoms with Crippen molar-refractivity contribution in [1.82, 2.24) is 0 Å². The minimum absolute atomic E-state index is 0.946. The highest BCUT2D eigenvalue weighted by Gasteiger charge is 1.94. The van der Waals surface area contributed by atoms with E-state index in [1.165, 1.54) is 12.0 Å². The summed E-state index contributed by atoms with van der Waals surface area (Å²) in [5, 5.41) is 3.24. The minimum atomic E-state index is 0.946. The summed E-state index contributed by atoms with van der Waals surface area (Å²) < 4.78 is 4.95. The topological polar surface area (TPSA) is 21.3 Å². The molecule has 1 rings (SSSR count). The van der Waals surface area contributed by atoms with Crippen LogP contribution in [0.5, 0.6) is 0 Å². The zero-order valence-corrected chi connectivity index (χ0v) is 8.15. The highest BCUT2D eigenvalue weighted by molar-refractivity contribution is 7.94. The summed E-state index contributed by atoms with van der Waals surface area (Å²) in [4.78, 5) is 1.12. The third kappa shape index (κ3) is 2.75. The third-order valence-electron chi connectivity index (χ3n) is 1.39. The first kappa shape index (κ1) is 9.42. The van der Waals surface area contributed by atoms with Crippen LogP contribution in [0.4, 0.5) is 5.69 Å². The maximum Gasteiger partial charge on any atom is 0.0508 e. The number of hydrogen-bond acceptors (Lipinski definition) is 3. The van der Waals surface area contributed by atoms with E-state index in [1.54, 1.807) is 7.11 Å². The summed E-state index contributed by atoms with van der Waals surface area (Å²) in [5.74, 6) is 0. The fourth-order valence-electron chi connectivity index (χ4n) is 0.958. The Morgan fingerprint density at radius 3 is 3.00 bits per heavy atom. The van der Waals surface area contributed by atoms with Crippen LogP contribution in [-0.2, 0) is 4.18 Å². The molecule has 1 aromatic carbocycles. The molecule has 1 N–H and O–H groups in total. The average molecular weight is 183 g/mol. The minimum Gasteiger partial charge on any atom is -0.385 e. The van der Waals surface area contributed by atoms with Crippen LogP contribution < -0.4 is 5.32 Å². The molecule has 0 spiro atoms. The van der Waals surface area contributed by atoms with E-state index in [1.807, 2.05) is 18.2 Å². The van der Waals surface area contributed by atoms with Gasteiger partial charge in [-0.2, -0.15) is 0 Å². The molecule has 0 aliphatic carbocycles. The molecule has 0 heterocycles. The van der Waals surface area contributed by atoms with Gasteiger partial charge in [0.15, 0.2) is 0 Å². The van der Waals surface area contributed by atoms with Crippen LogP contribution in [-0.4, -0.2) is 13.7 Å². The second-order valence-electron chi connectivity index (χ2n) is 2.31. The first-order valence-electron chi connectivity index (χ1n) is 3.91. The Morgan fingerprint density at radius 1 is 1.50 bits per heavy atom. The molecule has 1 aromatic rings. The van der Waals surface area contributed by atoms with Gasteiger partial charge in [0.2, 0.25) is 0 Å². The summed E-state index contributed by atoms with van der Waals surface area (Å²) in [5.41, 5.74) is 1.14. The van der Waals surface area contributed by atoms with Gasteiger partial charge in [0.1, 0.15) is 0 Å². The molecule has 0 radical (unpaired) electrons. The van der Waals surface area contributed by atoms with Crippen LogP contribution in [0.25, 0.3) is 0 Å². The maximum absolute atomic E-state index is 4.95. The van der Waals surface area contributed by atoms with Crippen molar-refractivity contribution in [3.63, 3.8) is 0 Å². The summed E-state index contributed by atoms with van der Waals surface area (Å²) in [6.45, 7) is 3.03. The van der Waals surface area contributed by atoms with Gasteiger partial charge in [-0.3, -0.25) is 0 Å². The highest BCUT2D eigenvalue weighted by Crippen LogP contribution is 2.21. The lowest BCUT2D eigenvalue weighted by atomic mass is 10.3. The average Bonchev–Trinajstić information content (AvgIpc) is 2.06. The van der Waals surface area contributed by atoms with Crippen molar-refractivity contribution in [1.29, 1.82) is 0 Å². The number of nitrogens with one attached hydrogen (secondary N) is 1. The molecule has 0 fully saturated rings. The molecule has 0 aliphatic rings. The van der Waals surface area contributed by atoms with Crippen molar-refractivity contribution in [2.24, 2.45) is 0 Å². The van der Waals surface area contributed by atoms with Crippen molar-refractivity contribution in [3.05, 3.63) is 24.3 Å². The van der Waals surface area contributed by atoms with Gasteiger partial charge >= 0.3 is 0 Å². The van der Waals surface area contributed by atoms with Crippen molar-refractivity contribution in [2.75, 3.05) is 19.0 Å². The smallest absolute Gasteiger partial charge is 0.0508 e. The van der Waals surface area contributed by atoms with Crippen molar-refractivity contribution < 1.29 is 4.18 Å². The van der Waals surface area contributed by atoms with E-state index in [0.29, 0.717) is 0 Å². The standard InChI is InChI=1S/C9H13NOS/c1-3-10-8-5-4-6-9(7-8)12-11-2/h4-7,10H,3H2,1-2H3. The summed E-state index contributed by atoms with van der Waals surface area (Å²) >= 11 is 1.38. The second-order valence-corrected chi connectivity index (χ2v) is 3.28. The lowest BCUT2D eigenvalue weighted by Crippen LogP contribution is -1.95. The van der Waals surface area contributed by atoms with Gasteiger partial charge in [-0.25, -0.2) is 0 Å². The summed E-state index contributed by atoms with van der Waals surface area (Å²) in [6, 6.07) is 8.15.